The van der Waals surface area contributed by atoms with E-state index in [0.29, 0.717) is 12.4 Å². The van der Waals surface area contributed by atoms with E-state index in [1.807, 2.05) is 30.3 Å². The second kappa shape index (κ2) is 11.4. The Morgan fingerprint density at radius 3 is 2.09 bits per heavy atom. The fourth-order valence-electron chi connectivity index (χ4n) is 3.64. The molecule has 0 radical (unpaired) electrons. The molecular weight excluding hydrogens is 450 g/mol. The van der Waals surface area contributed by atoms with Gasteiger partial charge in [0.15, 0.2) is 5.78 Å². The van der Waals surface area contributed by atoms with Gasteiger partial charge in [-0.1, -0.05) is 42.5 Å². The number of hydrogen-bond donors (Lipinski definition) is 4. The average Bonchev–Trinajstić information content (AvgIpc) is 3.61. The van der Waals surface area contributed by atoms with Crippen molar-refractivity contribution in [1.29, 1.82) is 0 Å². The third-order valence-corrected chi connectivity index (χ3v) is 6.07. The van der Waals surface area contributed by atoms with E-state index in [-0.39, 0.29) is 18.6 Å². The first-order valence-electron chi connectivity index (χ1n) is 11.5. The number of ether oxygens (including phenoxy) is 2. The smallest absolute Gasteiger partial charge is 0.243 e. The minimum atomic E-state index is -1.21. The quantitative estimate of drug-likeness (QED) is 0.322. The standard InChI is InChI=1S/C26H33N3O6/c1-16(30)22(27)25(33)29-21(14-18-9-11-19(34-3)12-10-18)24(32)28-20(23(31)26(2)15-35-26)13-17-7-5-4-6-8-17/h4-12,16,20-22,30H,13-15,27H2,1-3H3,(H,28,32)(H,29,33)/t16-,20?,21?,22-,26?/m0/s1. The largest absolute Gasteiger partial charge is 0.497 e. The van der Waals surface area contributed by atoms with Gasteiger partial charge in [0.25, 0.3) is 0 Å². The number of aliphatic hydroxyl groups is 1. The van der Waals surface area contributed by atoms with Crippen molar-refractivity contribution in [3.8, 4) is 5.75 Å². The van der Waals surface area contributed by atoms with Crippen LogP contribution in [0.4, 0.5) is 0 Å². The molecule has 1 aliphatic rings. The van der Waals surface area contributed by atoms with Crippen molar-refractivity contribution in [2.75, 3.05) is 13.7 Å². The molecule has 188 valence electrons. The highest BCUT2D eigenvalue weighted by molar-refractivity contribution is 5.98. The molecule has 35 heavy (non-hydrogen) atoms. The number of carbonyl (C=O) groups excluding carboxylic acids is 3. The monoisotopic (exact) mass is 483 g/mol. The number of ketones is 1. The molecule has 2 aromatic rings. The third-order valence-electron chi connectivity index (χ3n) is 6.07. The number of benzene rings is 2. The Kier molecular flexibility index (Phi) is 8.61. The number of epoxide rings is 1. The maximum absolute atomic E-state index is 13.4. The van der Waals surface area contributed by atoms with Gasteiger partial charge in [0.2, 0.25) is 11.8 Å². The van der Waals surface area contributed by atoms with Crippen LogP contribution < -0.4 is 21.1 Å². The molecule has 2 aromatic carbocycles. The van der Waals surface area contributed by atoms with E-state index in [2.05, 4.69) is 10.6 Å². The topological polar surface area (TPSA) is 143 Å². The Labute approximate surface area is 205 Å². The van der Waals surface area contributed by atoms with Crippen molar-refractivity contribution < 1.29 is 29.0 Å². The van der Waals surface area contributed by atoms with E-state index in [0.717, 1.165) is 11.1 Å². The average molecular weight is 484 g/mol. The molecule has 1 heterocycles. The van der Waals surface area contributed by atoms with Crippen LogP contribution in [0.1, 0.15) is 25.0 Å². The molecule has 2 amide bonds. The fourth-order valence-corrected chi connectivity index (χ4v) is 3.64. The van der Waals surface area contributed by atoms with Crippen molar-refractivity contribution in [2.24, 2.45) is 5.73 Å². The number of methoxy groups -OCH3 is 1. The van der Waals surface area contributed by atoms with Crippen LogP contribution >= 0.6 is 0 Å². The predicted molar refractivity (Wildman–Crippen MR) is 130 cm³/mol. The maximum atomic E-state index is 13.4. The summed E-state index contributed by atoms with van der Waals surface area (Å²) in [7, 11) is 1.55. The lowest BCUT2D eigenvalue weighted by Crippen LogP contribution is -2.58. The zero-order valence-corrected chi connectivity index (χ0v) is 20.2. The van der Waals surface area contributed by atoms with Crippen molar-refractivity contribution in [1.82, 2.24) is 10.6 Å². The molecule has 0 saturated carbocycles. The molecular formula is C26H33N3O6. The van der Waals surface area contributed by atoms with Crippen LogP contribution in [0.2, 0.25) is 0 Å². The number of rotatable bonds is 12. The van der Waals surface area contributed by atoms with E-state index >= 15 is 0 Å². The van der Waals surface area contributed by atoms with Crippen molar-refractivity contribution in [3.63, 3.8) is 0 Å². The first-order valence-corrected chi connectivity index (χ1v) is 11.5. The Hall–Kier alpha value is -3.27. The van der Waals surface area contributed by atoms with E-state index in [1.165, 1.54) is 6.92 Å². The maximum Gasteiger partial charge on any atom is 0.243 e. The summed E-state index contributed by atoms with van der Waals surface area (Å²) in [5, 5.41) is 15.2. The number of carbonyl (C=O) groups is 3. The minimum Gasteiger partial charge on any atom is -0.497 e. The van der Waals surface area contributed by atoms with Crippen molar-refractivity contribution >= 4 is 17.6 Å². The van der Waals surface area contributed by atoms with Gasteiger partial charge in [0.05, 0.1) is 25.9 Å². The summed E-state index contributed by atoms with van der Waals surface area (Å²) in [5.74, 6) is -0.784. The molecule has 1 saturated heterocycles. The van der Waals surface area contributed by atoms with E-state index in [1.54, 1.807) is 38.3 Å². The van der Waals surface area contributed by atoms with Gasteiger partial charge in [0, 0.05) is 6.42 Å². The van der Waals surface area contributed by atoms with Crippen molar-refractivity contribution in [2.45, 2.75) is 56.5 Å². The molecule has 3 unspecified atom stereocenters. The molecule has 5 N–H and O–H groups in total. The van der Waals surface area contributed by atoms with Crippen LogP contribution in [0.3, 0.4) is 0 Å². The van der Waals surface area contributed by atoms with E-state index in [9.17, 15) is 19.5 Å². The zero-order valence-electron chi connectivity index (χ0n) is 20.2. The van der Waals surface area contributed by atoms with E-state index in [4.69, 9.17) is 15.2 Å². The molecule has 3 rings (SSSR count). The van der Waals surface area contributed by atoms with Crippen molar-refractivity contribution in [3.05, 3.63) is 65.7 Å². The van der Waals surface area contributed by atoms with Gasteiger partial charge in [0.1, 0.15) is 23.4 Å². The zero-order chi connectivity index (χ0) is 25.6. The molecule has 0 aliphatic carbocycles. The molecule has 1 fully saturated rings. The molecule has 0 aromatic heterocycles. The Balaban J connectivity index is 1.81. The fraction of sp³-hybridized carbons (Fsp3) is 0.423. The lowest BCUT2D eigenvalue weighted by Gasteiger charge is -2.25. The number of hydrogen-bond acceptors (Lipinski definition) is 7. The van der Waals surface area contributed by atoms with Gasteiger partial charge in [-0.15, -0.1) is 0 Å². The summed E-state index contributed by atoms with van der Waals surface area (Å²) in [6.45, 7) is 3.38. The summed E-state index contributed by atoms with van der Waals surface area (Å²) >= 11 is 0. The Bertz CT molecular complexity index is 1020. The lowest BCUT2D eigenvalue weighted by molar-refractivity contribution is -0.133. The number of amides is 2. The normalized spacial score (nSPS) is 20.1. The second-order valence-corrected chi connectivity index (χ2v) is 9.01. The third kappa shape index (κ3) is 7.11. The molecule has 5 atom stereocenters. The van der Waals surface area contributed by atoms with Gasteiger partial charge in [-0.05, 0) is 43.5 Å². The molecule has 9 heteroatoms. The Morgan fingerprint density at radius 2 is 1.54 bits per heavy atom. The highest BCUT2D eigenvalue weighted by Crippen LogP contribution is 2.29. The first-order chi connectivity index (χ1) is 16.6. The summed E-state index contributed by atoms with van der Waals surface area (Å²) < 4.78 is 10.5. The SMILES string of the molecule is COc1ccc(CC(NC(=O)[C@@H](N)[C@H](C)O)C(=O)NC(Cc2ccccc2)C(=O)C2(C)CO2)cc1. The van der Waals surface area contributed by atoms with Gasteiger partial charge < -0.3 is 30.9 Å². The molecule has 1 aliphatic heterocycles. The summed E-state index contributed by atoms with van der Waals surface area (Å²) in [6.07, 6.45) is -0.673. The van der Waals surface area contributed by atoms with Crippen LogP contribution in [0, 0.1) is 0 Å². The number of Topliss-reactive ketones (excluding diaryl/α,β-unsaturated/α-hetero) is 1. The second-order valence-electron chi connectivity index (χ2n) is 9.01. The summed E-state index contributed by atoms with van der Waals surface area (Å²) in [4.78, 5) is 39.1. The summed E-state index contributed by atoms with van der Waals surface area (Å²) in [6, 6.07) is 13.3. The number of nitrogens with two attached hydrogens (primary N) is 1. The first kappa shape index (κ1) is 26.3. The highest BCUT2D eigenvalue weighted by Gasteiger charge is 2.50. The Morgan fingerprint density at radius 1 is 1.00 bits per heavy atom. The predicted octanol–water partition coefficient (Wildman–Crippen LogP) is 0.516. The van der Waals surface area contributed by atoms with Crippen LogP contribution in [0.5, 0.6) is 5.75 Å². The van der Waals surface area contributed by atoms with Gasteiger partial charge in [-0.2, -0.15) is 0 Å². The molecule has 9 nitrogen and oxygen atoms in total. The highest BCUT2D eigenvalue weighted by atomic mass is 16.6. The van der Waals surface area contributed by atoms with Crippen LogP contribution in [0.15, 0.2) is 54.6 Å². The molecule has 0 bridgehead atoms. The minimum absolute atomic E-state index is 0.147. The lowest BCUT2D eigenvalue weighted by atomic mass is 9.94. The summed E-state index contributed by atoms with van der Waals surface area (Å²) in [5.41, 5.74) is 6.48. The van der Waals surface area contributed by atoms with Crippen LogP contribution in [-0.2, 0) is 32.0 Å². The van der Waals surface area contributed by atoms with Crippen LogP contribution in [0.25, 0.3) is 0 Å². The van der Waals surface area contributed by atoms with Gasteiger partial charge in [-0.3, -0.25) is 14.4 Å². The number of nitrogens with one attached hydrogen (secondary N) is 2. The van der Waals surface area contributed by atoms with E-state index < -0.39 is 41.6 Å². The number of aliphatic hydroxyl groups excluding tert-OH is 1. The van der Waals surface area contributed by atoms with Gasteiger partial charge in [-0.25, -0.2) is 0 Å². The van der Waals surface area contributed by atoms with Gasteiger partial charge >= 0.3 is 0 Å². The van der Waals surface area contributed by atoms with Crippen LogP contribution in [-0.4, -0.2) is 66.3 Å². The molecule has 0 spiro atoms.